The van der Waals surface area contributed by atoms with Crippen molar-refractivity contribution in [3.63, 3.8) is 0 Å². The number of carboxylic acids is 1. The summed E-state index contributed by atoms with van der Waals surface area (Å²) in [6, 6.07) is 5.45. The Hall–Kier alpha value is -1.86. The van der Waals surface area contributed by atoms with E-state index in [-0.39, 0.29) is 16.0 Å². The Morgan fingerprint density at radius 2 is 2.05 bits per heavy atom. The van der Waals surface area contributed by atoms with Crippen LogP contribution in [0, 0.1) is 0 Å². The van der Waals surface area contributed by atoms with Gasteiger partial charge in [0.05, 0.1) is 4.91 Å². The van der Waals surface area contributed by atoms with Crippen molar-refractivity contribution in [1.82, 2.24) is 4.90 Å². The molecule has 1 atom stereocenters. The topological polar surface area (TPSA) is 77.8 Å². The van der Waals surface area contributed by atoms with Crippen LogP contribution < -0.4 is 0 Å². The molecule has 1 aromatic rings. The molecule has 5 nitrogen and oxygen atoms in total. The summed E-state index contributed by atoms with van der Waals surface area (Å²) in [5, 5.41) is 18.6. The van der Waals surface area contributed by atoms with E-state index in [9.17, 15) is 19.8 Å². The van der Waals surface area contributed by atoms with E-state index in [2.05, 4.69) is 0 Å². The number of carboxylic acid groups (broad SMARTS) is 1. The standard InChI is InChI=1S/C15H15NO4S2/c1-2-3-11(14(19)20)16-13(18)12(22-15(16)21)8-9-4-6-10(17)7-5-9/h4-8,11,17H,2-3H2,1H3,(H,19,20)/b12-8-/t11-/m0/s1. The zero-order valence-corrected chi connectivity index (χ0v) is 13.5. The van der Waals surface area contributed by atoms with Gasteiger partial charge in [-0.3, -0.25) is 9.69 Å². The van der Waals surface area contributed by atoms with Crippen molar-refractivity contribution in [2.75, 3.05) is 0 Å². The van der Waals surface area contributed by atoms with E-state index in [0.717, 1.165) is 17.3 Å². The van der Waals surface area contributed by atoms with Crippen LogP contribution in [-0.2, 0) is 9.59 Å². The minimum absolute atomic E-state index is 0.138. The first-order chi connectivity index (χ1) is 10.4. The Balaban J connectivity index is 2.27. The lowest BCUT2D eigenvalue weighted by Crippen LogP contribution is -2.43. The monoisotopic (exact) mass is 337 g/mol. The number of phenols is 1. The van der Waals surface area contributed by atoms with E-state index < -0.39 is 12.0 Å². The van der Waals surface area contributed by atoms with Crippen molar-refractivity contribution in [3.8, 4) is 5.75 Å². The van der Waals surface area contributed by atoms with Crippen molar-refractivity contribution in [2.24, 2.45) is 0 Å². The molecular formula is C15H15NO4S2. The number of thiocarbonyl (C=S) groups is 1. The number of amides is 1. The van der Waals surface area contributed by atoms with E-state index in [4.69, 9.17) is 12.2 Å². The van der Waals surface area contributed by atoms with Crippen LogP contribution in [0.5, 0.6) is 5.75 Å². The van der Waals surface area contributed by atoms with Crippen molar-refractivity contribution in [3.05, 3.63) is 34.7 Å². The van der Waals surface area contributed by atoms with Gasteiger partial charge in [0.1, 0.15) is 16.1 Å². The van der Waals surface area contributed by atoms with Gasteiger partial charge < -0.3 is 10.2 Å². The Bertz CT molecular complexity index is 639. The van der Waals surface area contributed by atoms with Gasteiger partial charge in [0, 0.05) is 0 Å². The molecule has 2 N–H and O–H groups in total. The number of benzene rings is 1. The van der Waals surface area contributed by atoms with E-state index in [1.165, 1.54) is 17.0 Å². The smallest absolute Gasteiger partial charge is 0.326 e. The summed E-state index contributed by atoms with van der Waals surface area (Å²) in [7, 11) is 0. The molecule has 1 heterocycles. The lowest BCUT2D eigenvalue weighted by atomic mass is 10.1. The summed E-state index contributed by atoms with van der Waals surface area (Å²) in [4.78, 5) is 25.4. The highest BCUT2D eigenvalue weighted by Crippen LogP contribution is 2.35. The third kappa shape index (κ3) is 3.48. The fourth-order valence-corrected chi connectivity index (χ4v) is 3.46. The highest BCUT2D eigenvalue weighted by molar-refractivity contribution is 8.26. The number of thioether (sulfide) groups is 1. The predicted octanol–water partition coefficient (Wildman–Crippen LogP) is 2.85. The van der Waals surface area contributed by atoms with Gasteiger partial charge in [-0.05, 0) is 30.2 Å². The highest BCUT2D eigenvalue weighted by Gasteiger charge is 2.39. The molecular weight excluding hydrogens is 322 g/mol. The molecule has 0 bridgehead atoms. The van der Waals surface area contributed by atoms with Gasteiger partial charge in [0.25, 0.3) is 5.91 Å². The lowest BCUT2D eigenvalue weighted by Gasteiger charge is -2.22. The molecule has 1 fully saturated rings. The Labute approximate surface area is 137 Å². The van der Waals surface area contributed by atoms with Crippen LogP contribution in [0.25, 0.3) is 6.08 Å². The first kappa shape index (κ1) is 16.5. The molecule has 22 heavy (non-hydrogen) atoms. The maximum Gasteiger partial charge on any atom is 0.326 e. The molecule has 0 saturated carbocycles. The van der Waals surface area contributed by atoms with Crippen LogP contribution in [0.1, 0.15) is 25.3 Å². The molecule has 2 rings (SSSR count). The van der Waals surface area contributed by atoms with Crippen molar-refractivity contribution >= 4 is 46.3 Å². The summed E-state index contributed by atoms with van der Waals surface area (Å²) in [6.07, 6.45) is 2.64. The molecule has 0 radical (unpaired) electrons. The highest BCUT2D eigenvalue weighted by atomic mass is 32.2. The summed E-state index contributed by atoms with van der Waals surface area (Å²) in [5.74, 6) is -1.30. The van der Waals surface area contributed by atoms with Gasteiger partial charge in [-0.25, -0.2) is 4.79 Å². The third-order valence-electron chi connectivity index (χ3n) is 3.17. The van der Waals surface area contributed by atoms with Gasteiger partial charge in [0.15, 0.2) is 0 Å². The van der Waals surface area contributed by atoms with Gasteiger partial charge in [-0.2, -0.15) is 0 Å². The normalized spacial score (nSPS) is 18.0. The number of carbonyl (C=O) groups excluding carboxylic acids is 1. The van der Waals surface area contributed by atoms with Crippen molar-refractivity contribution < 1.29 is 19.8 Å². The second-order valence-corrected chi connectivity index (χ2v) is 6.46. The van der Waals surface area contributed by atoms with E-state index in [0.29, 0.717) is 17.7 Å². The van der Waals surface area contributed by atoms with Crippen LogP contribution in [0.4, 0.5) is 0 Å². The molecule has 0 aromatic heterocycles. The van der Waals surface area contributed by atoms with Crippen LogP contribution in [-0.4, -0.2) is 37.4 Å². The van der Waals surface area contributed by atoms with Crippen molar-refractivity contribution in [2.45, 2.75) is 25.8 Å². The Kier molecular flexibility index (Phi) is 5.20. The minimum Gasteiger partial charge on any atom is -0.508 e. The third-order valence-corrected chi connectivity index (χ3v) is 4.50. The summed E-state index contributed by atoms with van der Waals surface area (Å²) < 4.78 is 0.260. The average molecular weight is 337 g/mol. The van der Waals surface area contributed by atoms with Crippen LogP contribution in [0.3, 0.4) is 0 Å². The number of carbonyl (C=O) groups is 2. The first-order valence-electron chi connectivity index (χ1n) is 6.73. The predicted molar refractivity (Wildman–Crippen MR) is 89.5 cm³/mol. The maximum absolute atomic E-state index is 12.4. The molecule has 1 aliphatic rings. The van der Waals surface area contributed by atoms with Crippen molar-refractivity contribution in [1.29, 1.82) is 0 Å². The molecule has 1 saturated heterocycles. The minimum atomic E-state index is -1.05. The zero-order chi connectivity index (χ0) is 16.3. The Morgan fingerprint density at radius 3 is 2.59 bits per heavy atom. The first-order valence-corrected chi connectivity index (χ1v) is 7.95. The second-order valence-electron chi connectivity index (χ2n) is 4.79. The Morgan fingerprint density at radius 1 is 1.41 bits per heavy atom. The molecule has 0 spiro atoms. The number of hydrogen-bond acceptors (Lipinski definition) is 5. The number of aromatic hydroxyl groups is 1. The largest absolute Gasteiger partial charge is 0.508 e. The molecule has 1 aromatic carbocycles. The van der Waals surface area contributed by atoms with Gasteiger partial charge in [-0.1, -0.05) is 49.5 Å². The number of aliphatic carboxylic acids is 1. The molecule has 0 aliphatic carbocycles. The summed E-state index contributed by atoms with van der Waals surface area (Å²) in [6.45, 7) is 1.86. The fraction of sp³-hybridized carbons (Fsp3) is 0.267. The van der Waals surface area contributed by atoms with Gasteiger partial charge in [0.2, 0.25) is 0 Å². The number of nitrogens with zero attached hydrogens (tertiary/aromatic N) is 1. The molecule has 1 amide bonds. The van der Waals surface area contributed by atoms with Crippen LogP contribution in [0.2, 0.25) is 0 Å². The van der Waals surface area contributed by atoms with E-state index in [1.54, 1.807) is 18.2 Å². The number of hydrogen-bond donors (Lipinski definition) is 2. The summed E-state index contributed by atoms with van der Waals surface area (Å²) >= 11 is 6.26. The van der Waals surface area contributed by atoms with E-state index in [1.807, 2.05) is 6.92 Å². The summed E-state index contributed by atoms with van der Waals surface area (Å²) in [5.41, 5.74) is 0.737. The van der Waals surface area contributed by atoms with Crippen LogP contribution in [0.15, 0.2) is 29.2 Å². The van der Waals surface area contributed by atoms with Gasteiger partial charge >= 0.3 is 5.97 Å². The zero-order valence-electron chi connectivity index (χ0n) is 11.9. The molecule has 7 heteroatoms. The SMILES string of the molecule is CCC[C@@H](C(=O)O)N1C(=O)/C(=C/c2ccc(O)cc2)SC1=S. The number of rotatable bonds is 5. The van der Waals surface area contributed by atoms with Gasteiger partial charge in [-0.15, -0.1) is 0 Å². The number of phenolic OH excluding ortho intramolecular Hbond substituents is 1. The average Bonchev–Trinajstić information content (AvgIpc) is 2.73. The molecule has 0 unspecified atom stereocenters. The lowest BCUT2D eigenvalue weighted by molar-refractivity contribution is -0.145. The maximum atomic E-state index is 12.4. The molecule has 1 aliphatic heterocycles. The quantitative estimate of drug-likeness (QED) is 0.635. The second kappa shape index (κ2) is 6.93. The molecule has 116 valence electrons. The van der Waals surface area contributed by atoms with Crippen LogP contribution >= 0.6 is 24.0 Å². The van der Waals surface area contributed by atoms with E-state index >= 15 is 0 Å². The fourth-order valence-electron chi connectivity index (χ4n) is 2.11.